The fourth-order valence-electron chi connectivity index (χ4n) is 2.59. The molecular formula is C20H16FNO3. The summed E-state index contributed by atoms with van der Waals surface area (Å²) in [6.45, 7) is 1.90. The monoisotopic (exact) mass is 337 g/mol. The zero-order valence-corrected chi connectivity index (χ0v) is 13.8. The number of carboxylic acid groups (broad SMARTS) is 1. The lowest BCUT2D eigenvalue weighted by Crippen LogP contribution is -2.00. The van der Waals surface area contributed by atoms with Gasteiger partial charge in [0.15, 0.2) is 11.6 Å². The van der Waals surface area contributed by atoms with Crippen molar-refractivity contribution in [3.63, 3.8) is 0 Å². The first-order chi connectivity index (χ1) is 12.0. The Bertz CT molecular complexity index is 996. The van der Waals surface area contributed by atoms with Crippen molar-refractivity contribution in [1.29, 1.82) is 0 Å². The third-order valence-corrected chi connectivity index (χ3v) is 3.84. The summed E-state index contributed by atoms with van der Waals surface area (Å²) in [5.74, 6) is -1.30. The summed E-state index contributed by atoms with van der Waals surface area (Å²) in [7, 11) is 1.40. The van der Waals surface area contributed by atoms with Crippen LogP contribution in [0.2, 0.25) is 0 Å². The topological polar surface area (TPSA) is 59.4 Å². The van der Waals surface area contributed by atoms with Crippen molar-refractivity contribution in [3.05, 3.63) is 70.7 Å². The van der Waals surface area contributed by atoms with E-state index in [0.29, 0.717) is 22.2 Å². The number of hydrogen-bond acceptors (Lipinski definition) is 3. The highest BCUT2D eigenvalue weighted by molar-refractivity contribution is 6.03. The molecule has 2 aromatic carbocycles. The minimum absolute atomic E-state index is 0.171. The molecule has 4 nitrogen and oxygen atoms in total. The zero-order chi connectivity index (χ0) is 18.0. The first-order valence-corrected chi connectivity index (χ1v) is 7.64. The standard InChI is InChI=1S/C20H16FNO3/c1-12-3-7-18-15(9-12)16(20(23)24)11-14(22-18)6-4-13-5-8-19(25-2)17(21)10-13/h3-11H,1-2H3,(H,23,24)/b6-4+. The molecule has 3 rings (SSSR count). The van der Waals surface area contributed by atoms with Crippen molar-refractivity contribution in [2.75, 3.05) is 7.11 Å². The third kappa shape index (κ3) is 3.50. The number of carbonyl (C=O) groups is 1. The molecule has 0 amide bonds. The largest absolute Gasteiger partial charge is 0.494 e. The number of hydrogen-bond donors (Lipinski definition) is 1. The molecule has 0 fully saturated rings. The van der Waals surface area contributed by atoms with Gasteiger partial charge in [0.1, 0.15) is 0 Å². The van der Waals surface area contributed by atoms with Crippen LogP contribution in [0.4, 0.5) is 4.39 Å². The number of carboxylic acids is 1. The van der Waals surface area contributed by atoms with E-state index in [-0.39, 0.29) is 11.3 Å². The molecule has 126 valence electrons. The van der Waals surface area contributed by atoms with Crippen LogP contribution in [0.5, 0.6) is 5.75 Å². The molecular weight excluding hydrogens is 321 g/mol. The summed E-state index contributed by atoms with van der Waals surface area (Å²) in [5.41, 5.74) is 2.88. The van der Waals surface area contributed by atoms with Crippen LogP contribution in [-0.2, 0) is 0 Å². The van der Waals surface area contributed by atoms with Gasteiger partial charge < -0.3 is 9.84 Å². The van der Waals surface area contributed by atoms with E-state index >= 15 is 0 Å². The maximum atomic E-state index is 13.7. The lowest BCUT2D eigenvalue weighted by Gasteiger charge is -2.06. The lowest BCUT2D eigenvalue weighted by atomic mass is 10.0. The van der Waals surface area contributed by atoms with E-state index in [1.807, 2.05) is 13.0 Å². The Morgan fingerprint density at radius 3 is 2.64 bits per heavy atom. The van der Waals surface area contributed by atoms with Gasteiger partial charge in [-0.15, -0.1) is 0 Å². The maximum absolute atomic E-state index is 13.7. The molecule has 5 heteroatoms. The van der Waals surface area contributed by atoms with Gasteiger partial charge in [0.2, 0.25) is 0 Å². The number of nitrogens with zero attached hydrogens (tertiary/aromatic N) is 1. The van der Waals surface area contributed by atoms with Crippen LogP contribution < -0.4 is 4.74 Å². The smallest absolute Gasteiger partial charge is 0.336 e. The summed E-state index contributed by atoms with van der Waals surface area (Å²) < 4.78 is 18.6. The van der Waals surface area contributed by atoms with Crippen LogP contribution in [0.25, 0.3) is 23.1 Å². The van der Waals surface area contributed by atoms with Crippen molar-refractivity contribution < 1.29 is 19.0 Å². The molecule has 0 bridgehead atoms. The average molecular weight is 337 g/mol. The van der Waals surface area contributed by atoms with E-state index in [9.17, 15) is 14.3 Å². The number of rotatable bonds is 4. The van der Waals surface area contributed by atoms with Gasteiger partial charge in [-0.05, 0) is 48.9 Å². The highest BCUT2D eigenvalue weighted by atomic mass is 19.1. The summed E-state index contributed by atoms with van der Waals surface area (Å²) >= 11 is 0. The van der Waals surface area contributed by atoms with Gasteiger partial charge in [0.05, 0.1) is 23.9 Å². The Morgan fingerprint density at radius 1 is 1.16 bits per heavy atom. The molecule has 3 aromatic rings. The van der Waals surface area contributed by atoms with Crippen LogP contribution in [0.15, 0.2) is 42.5 Å². The minimum Gasteiger partial charge on any atom is -0.494 e. The molecule has 0 saturated carbocycles. The number of halogens is 1. The number of fused-ring (bicyclic) bond motifs is 1. The summed E-state index contributed by atoms with van der Waals surface area (Å²) in [6, 6.07) is 11.6. The molecule has 0 atom stereocenters. The van der Waals surface area contributed by atoms with E-state index in [2.05, 4.69) is 4.98 Å². The van der Waals surface area contributed by atoms with E-state index in [1.165, 1.54) is 25.3 Å². The van der Waals surface area contributed by atoms with E-state index in [0.717, 1.165) is 5.56 Å². The van der Waals surface area contributed by atoms with Gasteiger partial charge in [-0.2, -0.15) is 0 Å². The third-order valence-electron chi connectivity index (χ3n) is 3.84. The fraction of sp³-hybridized carbons (Fsp3) is 0.100. The molecule has 0 radical (unpaired) electrons. The number of aromatic nitrogens is 1. The van der Waals surface area contributed by atoms with Crippen LogP contribution in [0.3, 0.4) is 0 Å². The first-order valence-electron chi connectivity index (χ1n) is 7.64. The van der Waals surface area contributed by atoms with Gasteiger partial charge in [0.25, 0.3) is 0 Å². The first kappa shape index (κ1) is 16.6. The Kier molecular flexibility index (Phi) is 4.48. The highest BCUT2D eigenvalue weighted by Gasteiger charge is 2.11. The van der Waals surface area contributed by atoms with Crippen LogP contribution in [0.1, 0.15) is 27.2 Å². The van der Waals surface area contributed by atoms with E-state index in [4.69, 9.17) is 4.74 Å². The van der Waals surface area contributed by atoms with Crippen molar-refractivity contribution in [1.82, 2.24) is 4.98 Å². The molecule has 25 heavy (non-hydrogen) atoms. The van der Waals surface area contributed by atoms with E-state index in [1.54, 1.807) is 30.4 Å². The Balaban J connectivity index is 2.02. The second kappa shape index (κ2) is 6.73. The van der Waals surface area contributed by atoms with Gasteiger partial charge in [-0.1, -0.05) is 23.8 Å². The Labute approximate surface area is 144 Å². The zero-order valence-electron chi connectivity index (χ0n) is 13.8. The van der Waals surface area contributed by atoms with Gasteiger partial charge >= 0.3 is 5.97 Å². The number of methoxy groups -OCH3 is 1. The predicted octanol–water partition coefficient (Wildman–Crippen LogP) is 4.56. The highest BCUT2D eigenvalue weighted by Crippen LogP contribution is 2.22. The predicted molar refractivity (Wildman–Crippen MR) is 95.3 cm³/mol. The summed E-state index contributed by atoms with van der Waals surface area (Å²) in [4.78, 5) is 16.0. The minimum atomic E-state index is -1.01. The molecule has 1 aromatic heterocycles. The molecule has 1 heterocycles. The van der Waals surface area contributed by atoms with Crippen molar-refractivity contribution >= 4 is 29.0 Å². The average Bonchev–Trinajstić information content (AvgIpc) is 2.59. The number of ether oxygens (including phenoxy) is 1. The molecule has 0 unspecified atom stereocenters. The quantitative estimate of drug-likeness (QED) is 0.758. The second-order valence-electron chi connectivity index (χ2n) is 5.65. The van der Waals surface area contributed by atoms with Crippen LogP contribution >= 0.6 is 0 Å². The molecule has 0 aliphatic heterocycles. The molecule has 1 N–H and O–H groups in total. The van der Waals surface area contributed by atoms with Crippen LogP contribution in [-0.4, -0.2) is 23.2 Å². The van der Waals surface area contributed by atoms with Crippen LogP contribution in [0, 0.1) is 12.7 Å². The number of pyridine rings is 1. The molecule has 0 aliphatic rings. The fourth-order valence-corrected chi connectivity index (χ4v) is 2.59. The number of aryl methyl sites for hydroxylation is 1. The SMILES string of the molecule is COc1ccc(/C=C/c2cc(C(=O)O)c3cc(C)ccc3n2)cc1F. The van der Waals surface area contributed by atoms with Crippen molar-refractivity contribution in [2.45, 2.75) is 6.92 Å². The van der Waals surface area contributed by atoms with Gasteiger partial charge in [-0.3, -0.25) is 0 Å². The van der Waals surface area contributed by atoms with Crippen molar-refractivity contribution in [2.24, 2.45) is 0 Å². The maximum Gasteiger partial charge on any atom is 0.336 e. The number of benzene rings is 2. The number of aromatic carboxylic acids is 1. The Hall–Kier alpha value is -3.21. The molecule has 0 spiro atoms. The lowest BCUT2D eigenvalue weighted by molar-refractivity contribution is 0.0699. The van der Waals surface area contributed by atoms with Gasteiger partial charge in [0, 0.05) is 5.39 Å². The Morgan fingerprint density at radius 2 is 1.96 bits per heavy atom. The van der Waals surface area contributed by atoms with Gasteiger partial charge in [-0.25, -0.2) is 14.2 Å². The second-order valence-corrected chi connectivity index (χ2v) is 5.65. The molecule has 0 aliphatic carbocycles. The normalized spacial score (nSPS) is 11.2. The summed E-state index contributed by atoms with van der Waals surface area (Å²) in [5, 5.41) is 10.1. The summed E-state index contributed by atoms with van der Waals surface area (Å²) in [6.07, 6.45) is 3.34. The van der Waals surface area contributed by atoms with Crippen molar-refractivity contribution in [3.8, 4) is 5.75 Å². The van der Waals surface area contributed by atoms with E-state index < -0.39 is 11.8 Å². The molecule has 0 saturated heterocycles.